The number of aliphatic hydroxyl groups excluding tert-OH is 1. The lowest BCUT2D eigenvalue weighted by molar-refractivity contribution is 0.0676. The number of amides is 1. The van der Waals surface area contributed by atoms with Crippen LogP contribution in [-0.2, 0) is 13.0 Å². The van der Waals surface area contributed by atoms with Crippen LogP contribution in [0.5, 0.6) is 0 Å². The molecule has 0 spiro atoms. The van der Waals surface area contributed by atoms with Crippen molar-refractivity contribution in [2.75, 3.05) is 19.7 Å². The van der Waals surface area contributed by atoms with Crippen molar-refractivity contribution in [3.63, 3.8) is 0 Å². The number of likely N-dealkylation sites (tertiary alicyclic amines) is 1. The quantitative estimate of drug-likeness (QED) is 0.846. The van der Waals surface area contributed by atoms with Gasteiger partial charge in [0.2, 0.25) is 0 Å². The highest BCUT2D eigenvalue weighted by molar-refractivity contribution is 5.92. The van der Waals surface area contributed by atoms with E-state index in [0.717, 1.165) is 24.2 Å². The van der Waals surface area contributed by atoms with Crippen molar-refractivity contribution in [2.45, 2.75) is 58.5 Å². The molecule has 0 bridgehead atoms. The van der Waals surface area contributed by atoms with Crippen molar-refractivity contribution in [3.05, 3.63) is 29.3 Å². The fourth-order valence-corrected chi connectivity index (χ4v) is 3.35. The normalized spacial score (nSPS) is 15.8. The second-order valence-corrected chi connectivity index (χ2v) is 7.11. The Labute approximate surface area is 153 Å². The molecular formula is C18H28N6O2. The molecule has 2 aromatic rings. The van der Waals surface area contributed by atoms with Crippen LogP contribution in [0.4, 0.5) is 0 Å². The number of rotatable bonds is 6. The van der Waals surface area contributed by atoms with E-state index in [1.165, 1.54) is 0 Å². The smallest absolute Gasteiger partial charge is 0.272 e. The average Bonchev–Trinajstić information content (AvgIpc) is 3.28. The second-order valence-electron chi connectivity index (χ2n) is 7.11. The first-order valence-corrected chi connectivity index (χ1v) is 9.42. The monoisotopic (exact) mass is 360 g/mol. The Balaban J connectivity index is 1.65. The number of carbonyl (C=O) groups is 1. The first-order valence-electron chi connectivity index (χ1n) is 9.42. The zero-order valence-electron chi connectivity index (χ0n) is 15.8. The van der Waals surface area contributed by atoms with Gasteiger partial charge in [0.05, 0.1) is 17.4 Å². The summed E-state index contributed by atoms with van der Waals surface area (Å²) in [7, 11) is 0. The molecule has 0 radical (unpaired) electrons. The van der Waals surface area contributed by atoms with Gasteiger partial charge in [-0.2, -0.15) is 5.10 Å². The molecule has 2 aromatic heterocycles. The van der Waals surface area contributed by atoms with Crippen molar-refractivity contribution >= 4 is 5.91 Å². The minimum Gasteiger partial charge on any atom is -0.396 e. The number of hydrogen-bond donors (Lipinski definition) is 1. The summed E-state index contributed by atoms with van der Waals surface area (Å²) in [5.41, 5.74) is 2.45. The molecule has 8 nitrogen and oxygen atoms in total. The molecule has 0 unspecified atom stereocenters. The van der Waals surface area contributed by atoms with Gasteiger partial charge in [-0.05, 0) is 31.7 Å². The van der Waals surface area contributed by atoms with Gasteiger partial charge in [-0.1, -0.05) is 19.1 Å². The van der Waals surface area contributed by atoms with Crippen molar-refractivity contribution in [3.8, 4) is 0 Å². The molecule has 1 fully saturated rings. The summed E-state index contributed by atoms with van der Waals surface area (Å²) in [6.45, 7) is 8.35. The van der Waals surface area contributed by atoms with Gasteiger partial charge >= 0.3 is 0 Å². The number of piperidine rings is 1. The molecule has 0 aliphatic carbocycles. The van der Waals surface area contributed by atoms with Crippen LogP contribution >= 0.6 is 0 Å². The van der Waals surface area contributed by atoms with Crippen molar-refractivity contribution < 1.29 is 9.90 Å². The molecular weight excluding hydrogens is 332 g/mol. The zero-order valence-corrected chi connectivity index (χ0v) is 15.8. The van der Waals surface area contributed by atoms with Crippen LogP contribution in [0.15, 0.2) is 12.3 Å². The molecule has 142 valence electrons. The van der Waals surface area contributed by atoms with Gasteiger partial charge in [-0.3, -0.25) is 9.48 Å². The topological polar surface area (TPSA) is 89.1 Å². The third-order valence-corrected chi connectivity index (χ3v) is 4.96. The molecule has 1 amide bonds. The Morgan fingerprint density at radius 1 is 1.35 bits per heavy atom. The highest BCUT2D eigenvalue weighted by Gasteiger charge is 2.27. The minimum atomic E-state index is 0.0595. The summed E-state index contributed by atoms with van der Waals surface area (Å²) in [5, 5.41) is 21.8. The van der Waals surface area contributed by atoms with Crippen molar-refractivity contribution in [2.24, 2.45) is 0 Å². The number of aliphatic hydroxyl groups is 1. The maximum Gasteiger partial charge on any atom is 0.272 e. The van der Waals surface area contributed by atoms with Crippen molar-refractivity contribution in [1.82, 2.24) is 29.7 Å². The molecule has 0 aromatic carbocycles. The molecule has 1 aliphatic heterocycles. The number of hydrogen-bond acceptors (Lipinski definition) is 5. The Bertz CT molecular complexity index is 743. The predicted octanol–water partition coefficient (Wildman–Crippen LogP) is 1.63. The van der Waals surface area contributed by atoms with Gasteiger partial charge in [-0.25, -0.2) is 4.68 Å². The Morgan fingerprint density at radius 2 is 2.08 bits per heavy atom. The van der Waals surface area contributed by atoms with Crippen LogP contribution in [0.2, 0.25) is 0 Å². The summed E-state index contributed by atoms with van der Waals surface area (Å²) < 4.78 is 3.68. The highest BCUT2D eigenvalue weighted by atomic mass is 16.3. The van der Waals surface area contributed by atoms with E-state index in [9.17, 15) is 4.79 Å². The van der Waals surface area contributed by atoms with Crippen LogP contribution in [0, 0.1) is 0 Å². The number of nitrogens with zero attached hydrogens (tertiary/aromatic N) is 6. The van der Waals surface area contributed by atoms with Gasteiger partial charge in [0.15, 0.2) is 0 Å². The maximum absolute atomic E-state index is 13.0. The average molecular weight is 360 g/mol. The Morgan fingerprint density at radius 3 is 2.69 bits per heavy atom. The first kappa shape index (κ1) is 18.6. The van der Waals surface area contributed by atoms with Gasteiger partial charge < -0.3 is 10.0 Å². The summed E-state index contributed by atoms with van der Waals surface area (Å²) in [5.74, 6) is 0.366. The molecule has 8 heteroatoms. The fourth-order valence-electron chi connectivity index (χ4n) is 3.35. The summed E-state index contributed by atoms with van der Waals surface area (Å²) >= 11 is 0. The third-order valence-electron chi connectivity index (χ3n) is 4.96. The lowest BCUT2D eigenvalue weighted by Crippen LogP contribution is -2.40. The van der Waals surface area contributed by atoms with Crippen LogP contribution in [0.3, 0.4) is 0 Å². The van der Waals surface area contributed by atoms with Gasteiger partial charge in [0.25, 0.3) is 5.91 Å². The summed E-state index contributed by atoms with van der Waals surface area (Å²) in [6, 6.07) is 2.18. The number of aryl methyl sites for hydroxylation is 1. The number of carbonyl (C=O) groups excluding carboxylic acids is 1. The van der Waals surface area contributed by atoms with Crippen LogP contribution in [0.25, 0.3) is 0 Å². The molecule has 0 atom stereocenters. The third kappa shape index (κ3) is 3.80. The largest absolute Gasteiger partial charge is 0.396 e. The zero-order chi connectivity index (χ0) is 18.7. The molecule has 3 heterocycles. The van der Waals surface area contributed by atoms with E-state index < -0.39 is 0 Å². The van der Waals surface area contributed by atoms with Gasteiger partial charge in [0.1, 0.15) is 5.69 Å². The van der Waals surface area contributed by atoms with E-state index in [0.29, 0.717) is 37.7 Å². The van der Waals surface area contributed by atoms with E-state index in [4.69, 9.17) is 5.11 Å². The molecule has 0 saturated carbocycles. The van der Waals surface area contributed by atoms with Crippen LogP contribution in [-0.4, -0.2) is 60.4 Å². The standard InChI is InChI=1S/C18H28N6O2/c1-4-23-17(11-16(20-23)13(2)3)18(26)22-8-5-15(6-9-22)24-12-14(7-10-25)19-21-24/h11-13,15,25H,4-10H2,1-3H3. The first-order chi connectivity index (χ1) is 12.5. The Kier molecular flexibility index (Phi) is 5.70. The fraction of sp³-hybridized carbons (Fsp3) is 0.667. The van der Waals surface area contributed by atoms with Crippen LogP contribution in [0.1, 0.15) is 67.4 Å². The Hall–Kier alpha value is -2.22. The van der Waals surface area contributed by atoms with Crippen LogP contribution < -0.4 is 0 Å². The lowest BCUT2D eigenvalue weighted by Gasteiger charge is -2.31. The van der Waals surface area contributed by atoms with E-state index >= 15 is 0 Å². The summed E-state index contributed by atoms with van der Waals surface area (Å²) in [4.78, 5) is 14.9. The van der Waals surface area contributed by atoms with Gasteiger partial charge in [-0.15, -0.1) is 5.10 Å². The SMILES string of the molecule is CCn1nc(C(C)C)cc1C(=O)N1CCC(n2cc(CCO)nn2)CC1. The molecule has 3 rings (SSSR count). The molecule has 1 aliphatic rings. The highest BCUT2D eigenvalue weighted by Crippen LogP contribution is 2.24. The second kappa shape index (κ2) is 7.99. The van der Waals surface area contributed by atoms with E-state index in [-0.39, 0.29) is 18.6 Å². The number of aromatic nitrogens is 5. The van der Waals surface area contributed by atoms with Crippen molar-refractivity contribution in [1.29, 1.82) is 0 Å². The lowest BCUT2D eigenvalue weighted by atomic mass is 10.0. The predicted molar refractivity (Wildman–Crippen MR) is 97.0 cm³/mol. The maximum atomic E-state index is 13.0. The van der Waals surface area contributed by atoms with Gasteiger partial charge in [0, 0.05) is 38.9 Å². The minimum absolute atomic E-state index is 0.0595. The van der Waals surface area contributed by atoms with E-state index in [1.807, 2.05) is 33.5 Å². The molecule has 26 heavy (non-hydrogen) atoms. The van der Waals surface area contributed by atoms with E-state index in [2.05, 4.69) is 29.3 Å². The van der Waals surface area contributed by atoms with E-state index in [1.54, 1.807) is 0 Å². The molecule has 1 saturated heterocycles. The summed E-state index contributed by atoms with van der Waals surface area (Å²) in [6.07, 6.45) is 4.13. The molecule has 1 N–H and O–H groups in total.